The highest BCUT2D eigenvalue weighted by atomic mass is 35.5. The maximum Gasteiger partial charge on any atom is 0.267 e. The van der Waals surface area contributed by atoms with Gasteiger partial charge in [-0.3, -0.25) is 4.79 Å². The van der Waals surface area contributed by atoms with Gasteiger partial charge in [0.2, 0.25) is 0 Å². The summed E-state index contributed by atoms with van der Waals surface area (Å²) < 4.78 is 1.62. The van der Waals surface area contributed by atoms with E-state index in [2.05, 4.69) is 16.1 Å². The van der Waals surface area contributed by atoms with E-state index in [1.54, 1.807) is 29.1 Å². The fraction of sp³-hybridized carbons (Fsp3) is 0.318. The average molecular weight is 410 g/mol. The third-order valence-electron chi connectivity index (χ3n) is 5.99. The number of nitrogen functional groups attached to an aromatic ring is 1. The van der Waals surface area contributed by atoms with E-state index in [-0.39, 0.29) is 17.0 Å². The summed E-state index contributed by atoms with van der Waals surface area (Å²) in [5, 5.41) is 5.35. The normalized spacial score (nSPS) is 21.8. The fourth-order valence-electron chi connectivity index (χ4n) is 4.23. The van der Waals surface area contributed by atoms with E-state index in [0.717, 1.165) is 36.3 Å². The molecule has 3 aromatic rings. The zero-order chi connectivity index (χ0) is 20.4. The first-order valence-corrected chi connectivity index (χ1v) is 10.2. The lowest BCUT2D eigenvalue weighted by Gasteiger charge is -2.40. The summed E-state index contributed by atoms with van der Waals surface area (Å²) in [6.45, 7) is 0.555. The summed E-state index contributed by atoms with van der Waals surface area (Å²) in [5.41, 5.74) is 14.4. The lowest BCUT2D eigenvalue weighted by molar-refractivity contribution is 0.222. The molecule has 1 aliphatic carbocycles. The zero-order valence-electron chi connectivity index (χ0n) is 16.1. The van der Waals surface area contributed by atoms with Gasteiger partial charge in [0, 0.05) is 34.8 Å². The van der Waals surface area contributed by atoms with Gasteiger partial charge in [-0.2, -0.15) is 5.10 Å². The van der Waals surface area contributed by atoms with Crippen LogP contribution in [-0.2, 0) is 5.41 Å². The van der Waals surface area contributed by atoms with E-state index in [4.69, 9.17) is 23.1 Å². The number of anilines is 1. The lowest BCUT2D eigenvalue weighted by atomic mass is 9.68. The van der Waals surface area contributed by atoms with Crippen molar-refractivity contribution in [1.82, 2.24) is 14.8 Å². The van der Waals surface area contributed by atoms with Crippen LogP contribution in [0.5, 0.6) is 0 Å². The molecule has 29 heavy (non-hydrogen) atoms. The number of hydrogen-bond donors (Lipinski definition) is 2. The molecule has 0 atom stereocenters. The number of nitrogens with two attached hydrogens (primary N) is 2. The van der Waals surface area contributed by atoms with Gasteiger partial charge in [0.1, 0.15) is 5.82 Å². The Bertz CT molecular complexity index is 1060. The molecule has 7 heteroatoms. The second-order valence-corrected chi connectivity index (χ2v) is 8.14. The topological polar surface area (TPSA) is 99.8 Å². The molecule has 6 nitrogen and oxygen atoms in total. The van der Waals surface area contributed by atoms with Crippen molar-refractivity contribution in [3.63, 3.8) is 0 Å². The third-order valence-corrected chi connectivity index (χ3v) is 6.23. The van der Waals surface area contributed by atoms with Crippen molar-refractivity contribution in [2.45, 2.75) is 37.1 Å². The molecule has 0 unspecified atom stereocenters. The van der Waals surface area contributed by atoms with Crippen LogP contribution in [0.3, 0.4) is 0 Å². The quantitative estimate of drug-likeness (QED) is 0.686. The van der Waals surface area contributed by atoms with Crippen LogP contribution >= 0.6 is 11.6 Å². The molecule has 1 aliphatic rings. The third kappa shape index (κ3) is 3.91. The number of rotatable bonds is 4. The Labute approximate surface area is 174 Å². The summed E-state index contributed by atoms with van der Waals surface area (Å²) in [7, 11) is 0. The zero-order valence-corrected chi connectivity index (χ0v) is 16.8. The van der Waals surface area contributed by atoms with Gasteiger partial charge in [-0.1, -0.05) is 23.7 Å². The molecule has 2 heterocycles. The van der Waals surface area contributed by atoms with Crippen LogP contribution in [0.15, 0.2) is 59.5 Å². The van der Waals surface area contributed by atoms with Crippen LogP contribution < -0.4 is 17.0 Å². The maximum absolute atomic E-state index is 12.5. The standard InChI is InChI=1S/C22H24ClN5O/c23-17-3-1-2-16(12-17)22(14-24)10-8-18(9-11-22)28-21(29)7-5-19(27-28)15-4-6-20(25)26-13-15/h1-7,12-13,18H,8-11,14,24H2,(H2,25,26). The molecule has 0 bridgehead atoms. The van der Waals surface area contributed by atoms with Crippen LogP contribution in [0.25, 0.3) is 11.3 Å². The van der Waals surface area contributed by atoms with Crippen molar-refractivity contribution >= 4 is 17.4 Å². The molecular weight excluding hydrogens is 386 g/mol. The first kappa shape index (κ1) is 19.6. The highest BCUT2D eigenvalue weighted by Crippen LogP contribution is 2.42. The Morgan fingerprint density at radius 3 is 2.59 bits per heavy atom. The molecule has 4 N–H and O–H groups in total. The number of hydrogen-bond acceptors (Lipinski definition) is 5. The molecule has 0 amide bonds. The second kappa shape index (κ2) is 7.97. The van der Waals surface area contributed by atoms with Gasteiger partial charge < -0.3 is 11.5 Å². The molecule has 150 valence electrons. The monoisotopic (exact) mass is 409 g/mol. The number of benzene rings is 1. The molecule has 0 aliphatic heterocycles. The Morgan fingerprint density at radius 1 is 1.14 bits per heavy atom. The van der Waals surface area contributed by atoms with Crippen LogP contribution in [0.1, 0.15) is 37.3 Å². The van der Waals surface area contributed by atoms with Gasteiger partial charge in [-0.25, -0.2) is 9.67 Å². The van der Waals surface area contributed by atoms with Gasteiger partial charge in [0.05, 0.1) is 11.7 Å². The van der Waals surface area contributed by atoms with Gasteiger partial charge in [0.25, 0.3) is 5.56 Å². The van der Waals surface area contributed by atoms with Crippen LogP contribution in [0.4, 0.5) is 5.82 Å². The molecule has 4 rings (SSSR count). The Kier molecular flexibility index (Phi) is 5.39. The molecule has 0 saturated heterocycles. The van der Waals surface area contributed by atoms with Gasteiger partial charge in [0.15, 0.2) is 0 Å². The largest absolute Gasteiger partial charge is 0.384 e. The van der Waals surface area contributed by atoms with E-state index < -0.39 is 0 Å². The van der Waals surface area contributed by atoms with Crippen molar-refractivity contribution in [1.29, 1.82) is 0 Å². The molecule has 1 aromatic carbocycles. The van der Waals surface area contributed by atoms with Crippen LogP contribution in [-0.4, -0.2) is 21.3 Å². The van der Waals surface area contributed by atoms with Gasteiger partial charge in [-0.15, -0.1) is 0 Å². The Morgan fingerprint density at radius 2 is 1.93 bits per heavy atom. The summed E-state index contributed by atoms with van der Waals surface area (Å²) in [6, 6.07) is 14.9. The number of pyridine rings is 1. The number of aromatic nitrogens is 3. The molecule has 1 fully saturated rings. The number of halogens is 1. The van der Waals surface area contributed by atoms with E-state index in [1.165, 1.54) is 5.56 Å². The van der Waals surface area contributed by atoms with E-state index in [9.17, 15) is 4.79 Å². The van der Waals surface area contributed by atoms with Crippen molar-refractivity contribution in [3.8, 4) is 11.3 Å². The minimum Gasteiger partial charge on any atom is -0.384 e. The minimum absolute atomic E-state index is 0.0445. The highest BCUT2D eigenvalue weighted by Gasteiger charge is 2.37. The first-order valence-electron chi connectivity index (χ1n) is 9.79. The van der Waals surface area contributed by atoms with Crippen LogP contribution in [0, 0.1) is 0 Å². The first-order chi connectivity index (χ1) is 14.0. The summed E-state index contributed by atoms with van der Waals surface area (Å²) in [5.74, 6) is 0.452. The second-order valence-electron chi connectivity index (χ2n) is 7.70. The molecule has 0 radical (unpaired) electrons. The predicted octanol–water partition coefficient (Wildman–Crippen LogP) is 3.55. The SMILES string of the molecule is NCC1(c2cccc(Cl)c2)CCC(n2nc(-c3ccc(N)nc3)ccc2=O)CC1. The van der Waals surface area contributed by atoms with Crippen molar-refractivity contribution in [2.75, 3.05) is 12.3 Å². The predicted molar refractivity (Wildman–Crippen MR) is 116 cm³/mol. The lowest BCUT2D eigenvalue weighted by Crippen LogP contribution is -2.41. The maximum atomic E-state index is 12.5. The smallest absolute Gasteiger partial charge is 0.267 e. The highest BCUT2D eigenvalue weighted by molar-refractivity contribution is 6.30. The fourth-order valence-corrected chi connectivity index (χ4v) is 4.42. The van der Waals surface area contributed by atoms with E-state index in [0.29, 0.717) is 18.1 Å². The summed E-state index contributed by atoms with van der Waals surface area (Å²) >= 11 is 6.20. The molecular formula is C22H24ClN5O. The summed E-state index contributed by atoms with van der Waals surface area (Å²) in [4.78, 5) is 16.6. The van der Waals surface area contributed by atoms with Crippen molar-refractivity contribution < 1.29 is 0 Å². The van der Waals surface area contributed by atoms with Crippen LogP contribution in [0.2, 0.25) is 5.02 Å². The van der Waals surface area contributed by atoms with Gasteiger partial charge in [-0.05, 0) is 61.6 Å². The average Bonchev–Trinajstić information content (AvgIpc) is 2.75. The number of nitrogens with zero attached hydrogens (tertiary/aromatic N) is 3. The summed E-state index contributed by atoms with van der Waals surface area (Å²) in [6.07, 6.45) is 5.11. The molecule has 2 aromatic heterocycles. The molecule has 1 saturated carbocycles. The van der Waals surface area contributed by atoms with Crippen molar-refractivity contribution in [3.05, 3.63) is 75.7 Å². The molecule has 0 spiro atoms. The minimum atomic E-state index is -0.108. The van der Waals surface area contributed by atoms with Gasteiger partial charge >= 0.3 is 0 Å². The van der Waals surface area contributed by atoms with E-state index in [1.807, 2.05) is 24.3 Å². The Balaban J connectivity index is 1.59. The van der Waals surface area contributed by atoms with Crippen molar-refractivity contribution in [2.24, 2.45) is 5.73 Å². The Hall–Kier alpha value is -2.70. The van der Waals surface area contributed by atoms with E-state index >= 15 is 0 Å².